The molecule has 4 bridgehead atoms. The maximum atomic E-state index is 5.66. The van der Waals surface area contributed by atoms with E-state index in [1.54, 1.807) is 0 Å². The lowest BCUT2D eigenvalue weighted by Gasteiger charge is -2.54. The number of fused-ring (bicyclic) bond motifs is 1. The summed E-state index contributed by atoms with van der Waals surface area (Å²) in [6, 6.07) is 0.468. The minimum atomic E-state index is 0.307. The highest BCUT2D eigenvalue weighted by Gasteiger charge is 2.51. The van der Waals surface area contributed by atoms with Crippen molar-refractivity contribution in [2.24, 2.45) is 17.1 Å². The van der Waals surface area contributed by atoms with Crippen LogP contribution in [0.2, 0.25) is 0 Å². The highest BCUT2D eigenvalue weighted by molar-refractivity contribution is 7.80. The molecule has 4 aliphatic heterocycles. The van der Waals surface area contributed by atoms with Crippen LogP contribution < -0.4 is 11.1 Å². The molecule has 0 aromatic carbocycles. The quantitative estimate of drug-likeness (QED) is 0.603. The fraction of sp³-hybridized carbons (Fsp3) is 0.909. The van der Waals surface area contributed by atoms with E-state index in [0.29, 0.717) is 22.5 Å². The molecule has 16 heavy (non-hydrogen) atoms. The summed E-state index contributed by atoms with van der Waals surface area (Å²) in [4.78, 5) is 5.21. The summed E-state index contributed by atoms with van der Waals surface area (Å²) < 4.78 is 0. The first-order valence-corrected chi connectivity index (χ1v) is 6.48. The average Bonchev–Trinajstić information content (AvgIpc) is 2.39. The summed E-state index contributed by atoms with van der Waals surface area (Å²) in [6.07, 6.45) is 0. The lowest BCUT2D eigenvalue weighted by molar-refractivity contribution is -0.0122. The molecule has 3 N–H and O–H groups in total. The van der Waals surface area contributed by atoms with Gasteiger partial charge in [0.25, 0.3) is 0 Å². The third-order valence-corrected chi connectivity index (χ3v) is 4.53. The first-order chi connectivity index (χ1) is 7.57. The number of piperidine rings is 2. The Morgan fingerprint density at radius 2 is 1.88 bits per heavy atom. The van der Waals surface area contributed by atoms with Gasteiger partial charge in [-0.25, -0.2) is 0 Å². The number of hydrogen-bond donors (Lipinski definition) is 2. The second-order valence-electron chi connectivity index (χ2n) is 5.87. The molecule has 90 valence electrons. The summed E-state index contributed by atoms with van der Waals surface area (Å²) in [5, 5.41) is 3.81. The van der Waals surface area contributed by atoms with Crippen molar-refractivity contribution in [1.82, 2.24) is 15.1 Å². The molecular weight excluding hydrogens is 220 g/mol. The topological polar surface area (TPSA) is 44.5 Å². The monoisotopic (exact) mass is 240 g/mol. The fourth-order valence-electron chi connectivity index (χ4n) is 3.97. The Morgan fingerprint density at radius 3 is 2.31 bits per heavy atom. The zero-order valence-electron chi connectivity index (χ0n) is 9.78. The van der Waals surface area contributed by atoms with E-state index in [2.05, 4.69) is 22.0 Å². The van der Waals surface area contributed by atoms with E-state index in [-0.39, 0.29) is 0 Å². The average molecular weight is 240 g/mol. The van der Waals surface area contributed by atoms with Gasteiger partial charge >= 0.3 is 0 Å². The van der Waals surface area contributed by atoms with E-state index in [0.717, 1.165) is 0 Å². The van der Waals surface area contributed by atoms with Crippen LogP contribution in [0, 0.1) is 11.3 Å². The summed E-state index contributed by atoms with van der Waals surface area (Å²) >= 11 is 5.02. The Hall–Kier alpha value is -0.390. The normalized spacial score (nSPS) is 50.1. The predicted octanol–water partition coefficient (Wildman–Crippen LogP) is -0.544. The highest BCUT2D eigenvalue weighted by atomic mass is 32.1. The van der Waals surface area contributed by atoms with Crippen LogP contribution in [0.1, 0.15) is 6.92 Å². The molecule has 0 spiro atoms. The standard InChI is InChI=1S/C11H20N4S/c1-11-6-14-2-3-15(7-11)5-8(4-14)9(11)13-10(12)16/h8-9H,2-7H2,1H3,(H3,12,13,16). The number of hydrogen-bond acceptors (Lipinski definition) is 3. The van der Waals surface area contributed by atoms with Crippen LogP contribution in [0.3, 0.4) is 0 Å². The maximum absolute atomic E-state index is 5.66. The number of nitrogens with zero attached hydrogens (tertiary/aromatic N) is 2. The maximum Gasteiger partial charge on any atom is 0.163 e. The summed E-state index contributed by atoms with van der Waals surface area (Å²) in [6.45, 7) is 9.59. The number of nitrogens with one attached hydrogen (secondary N) is 1. The number of rotatable bonds is 1. The van der Waals surface area contributed by atoms with Crippen molar-refractivity contribution in [3.8, 4) is 0 Å². The van der Waals surface area contributed by atoms with Gasteiger partial charge in [-0.3, -0.25) is 0 Å². The van der Waals surface area contributed by atoms with Crippen LogP contribution in [-0.4, -0.2) is 60.2 Å². The molecule has 0 saturated carbocycles. The SMILES string of the molecule is CC12CN3CCN(CC(C3)C1NC(N)=S)C2. The van der Waals surface area contributed by atoms with Crippen LogP contribution in [0.4, 0.5) is 0 Å². The van der Waals surface area contributed by atoms with E-state index in [1.807, 2.05) is 0 Å². The third-order valence-electron chi connectivity index (χ3n) is 4.41. The molecule has 4 fully saturated rings. The van der Waals surface area contributed by atoms with E-state index < -0.39 is 0 Å². The van der Waals surface area contributed by atoms with Crippen LogP contribution in [0.5, 0.6) is 0 Å². The Balaban J connectivity index is 1.89. The summed E-state index contributed by atoms with van der Waals surface area (Å²) in [5.41, 5.74) is 5.97. The Kier molecular flexibility index (Phi) is 2.38. The smallest absolute Gasteiger partial charge is 0.163 e. The van der Waals surface area contributed by atoms with Gasteiger partial charge in [0.1, 0.15) is 0 Å². The van der Waals surface area contributed by atoms with Crippen LogP contribution in [-0.2, 0) is 0 Å². The zero-order valence-corrected chi connectivity index (χ0v) is 10.6. The van der Waals surface area contributed by atoms with Gasteiger partial charge in [0.15, 0.2) is 5.11 Å². The second-order valence-corrected chi connectivity index (χ2v) is 6.31. The zero-order chi connectivity index (χ0) is 11.3. The van der Waals surface area contributed by atoms with Gasteiger partial charge in [0.2, 0.25) is 0 Å². The molecule has 4 saturated heterocycles. The van der Waals surface area contributed by atoms with Crippen molar-refractivity contribution in [3.05, 3.63) is 0 Å². The second kappa shape index (κ2) is 3.55. The molecule has 3 atom stereocenters. The lowest BCUT2D eigenvalue weighted by atomic mass is 9.69. The molecule has 4 rings (SSSR count). The molecule has 0 amide bonds. The first-order valence-electron chi connectivity index (χ1n) is 6.07. The van der Waals surface area contributed by atoms with E-state index in [4.69, 9.17) is 18.0 Å². The van der Waals surface area contributed by atoms with Gasteiger partial charge < -0.3 is 20.9 Å². The van der Waals surface area contributed by atoms with Gasteiger partial charge in [0.05, 0.1) is 0 Å². The van der Waals surface area contributed by atoms with Gasteiger partial charge in [0, 0.05) is 56.6 Å². The third kappa shape index (κ3) is 1.61. The molecule has 4 nitrogen and oxygen atoms in total. The van der Waals surface area contributed by atoms with Crippen LogP contribution in [0.15, 0.2) is 0 Å². The Bertz CT molecular complexity index is 303. The molecule has 5 heteroatoms. The fourth-order valence-corrected chi connectivity index (χ4v) is 4.09. The van der Waals surface area contributed by atoms with Crippen molar-refractivity contribution < 1.29 is 0 Å². The van der Waals surface area contributed by atoms with Gasteiger partial charge in [-0.05, 0) is 12.2 Å². The summed E-state index contributed by atoms with van der Waals surface area (Å²) in [7, 11) is 0. The number of thiocarbonyl (C=S) groups is 1. The molecule has 0 radical (unpaired) electrons. The first kappa shape index (κ1) is 10.7. The van der Waals surface area contributed by atoms with E-state index in [1.165, 1.54) is 39.3 Å². The van der Waals surface area contributed by atoms with E-state index in [9.17, 15) is 0 Å². The molecule has 0 aliphatic carbocycles. The number of nitrogens with two attached hydrogens (primary N) is 1. The largest absolute Gasteiger partial charge is 0.376 e. The molecule has 0 aromatic heterocycles. The molecule has 4 aliphatic rings. The Morgan fingerprint density at radius 1 is 1.31 bits per heavy atom. The van der Waals surface area contributed by atoms with Crippen molar-refractivity contribution in [2.45, 2.75) is 13.0 Å². The van der Waals surface area contributed by atoms with Gasteiger partial charge in [-0.2, -0.15) is 0 Å². The van der Waals surface area contributed by atoms with Crippen LogP contribution in [0.25, 0.3) is 0 Å². The summed E-state index contributed by atoms with van der Waals surface area (Å²) in [5.74, 6) is 0.677. The van der Waals surface area contributed by atoms with Crippen molar-refractivity contribution >= 4 is 17.3 Å². The van der Waals surface area contributed by atoms with Crippen LogP contribution >= 0.6 is 12.2 Å². The minimum absolute atomic E-state index is 0.307. The Labute approximate surface area is 102 Å². The molecular formula is C11H20N4S. The van der Waals surface area contributed by atoms with E-state index >= 15 is 0 Å². The highest BCUT2D eigenvalue weighted by Crippen LogP contribution is 2.40. The molecule has 0 aromatic rings. The van der Waals surface area contributed by atoms with Gasteiger partial charge in [-0.15, -0.1) is 0 Å². The van der Waals surface area contributed by atoms with Gasteiger partial charge in [-0.1, -0.05) is 6.92 Å². The minimum Gasteiger partial charge on any atom is -0.376 e. The lowest BCUT2D eigenvalue weighted by Crippen LogP contribution is -2.67. The van der Waals surface area contributed by atoms with Crippen molar-refractivity contribution in [2.75, 3.05) is 39.3 Å². The van der Waals surface area contributed by atoms with Crippen molar-refractivity contribution in [1.29, 1.82) is 0 Å². The predicted molar refractivity (Wildman–Crippen MR) is 68.2 cm³/mol. The molecule has 4 heterocycles. The van der Waals surface area contributed by atoms with Crippen molar-refractivity contribution in [3.63, 3.8) is 0 Å². The molecule has 3 unspecified atom stereocenters.